The number of benzene rings is 2. The first-order valence-electron chi connectivity index (χ1n) is 9.68. The van der Waals surface area contributed by atoms with Gasteiger partial charge in [0.05, 0.1) is 6.04 Å². The number of nitrogens with two attached hydrogens (primary N) is 1. The van der Waals surface area contributed by atoms with Gasteiger partial charge >= 0.3 is 0 Å². The first-order chi connectivity index (χ1) is 13.1. The van der Waals surface area contributed by atoms with Crippen molar-refractivity contribution in [2.45, 2.75) is 44.2 Å². The summed E-state index contributed by atoms with van der Waals surface area (Å²) in [5, 5.41) is 3.20. The number of likely N-dealkylation sites (tertiary alicyclic amines) is 1. The maximum absolute atomic E-state index is 13.0. The van der Waals surface area contributed by atoms with E-state index in [1.54, 1.807) is 17.0 Å². The Morgan fingerprint density at radius 3 is 2.61 bits per heavy atom. The molecule has 0 bridgehead atoms. The van der Waals surface area contributed by atoms with Gasteiger partial charge in [-0.05, 0) is 67.5 Å². The van der Waals surface area contributed by atoms with Crippen LogP contribution in [-0.4, -0.2) is 29.3 Å². The van der Waals surface area contributed by atoms with Crippen molar-refractivity contribution in [2.75, 3.05) is 12.3 Å². The molecule has 1 aliphatic carbocycles. The highest BCUT2D eigenvalue weighted by molar-refractivity contribution is 5.98. The van der Waals surface area contributed by atoms with Crippen LogP contribution in [0.15, 0.2) is 48.5 Å². The van der Waals surface area contributed by atoms with Crippen molar-refractivity contribution in [3.8, 4) is 0 Å². The molecule has 5 nitrogen and oxygen atoms in total. The van der Waals surface area contributed by atoms with Gasteiger partial charge in [0.2, 0.25) is 5.91 Å². The summed E-state index contributed by atoms with van der Waals surface area (Å²) < 4.78 is 0. The van der Waals surface area contributed by atoms with E-state index in [-0.39, 0.29) is 30.3 Å². The van der Waals surface area contributed by atoms with Crippen molar-refractivity contribution in [1.29, 1.82) is 0 Å². The number of nitrogens with one attached hydrogen (secondary N) is 1. The molecular weight excluding hydrogens is 374 g/mol. The molecule has 148 valence electrons. The lowest BCUT2D eigenvalue weighted by Crippen LogP contribution is -2.47. The topological polar surface area (TPSA) is 75.4 Å². The Morgan fingerprint density at radius 1 is 1.04 bits per heavy atom. The van der Waals surface area contributed by atoms with E-state index in [4.69, 9.17) is 5.73 Å². The molecule has 2 aromatic carbocycles. The van der Waals surface area contributed by atoms with Crippen LogP contribution in [0.1, 0.15) is 53.2 Å². The zero-order valence-electron chi connectivity index (χ0n) is 15.8. The first kappa shape index (κ1) is 20.2. The van der Waals surface area contributed by atoms with Crippen LogP contribution in [0.25, 0.3) is 0 Å². The highest BCUT2D eigenvalue weighted by Gasteiger charge is 2.36. The Bertz CT molecular complexity index is 856. The molecule has 2 atom stereocenters. The number of aryl methyl sites for hydroxylation is 1. The first-order valence-corrected chi connectivity index (χ1v) is 9.68. The van der Waals surface area contributed by atoms with Gasteiger partial charge < -0.3 is 16.0 Å². The summed E-state index contributed by atoms with van der Waals surface area (Å²) in [6.07, 6.45) is 4.51. The number of halogens is 1. The highest BCUT2D eigenvalue weighted by Crippen LogP contribution is 2.31. The minimum atomic E-state index is -0.392. The number of rotatable bonds is 3. The van der Waals surface area contributed by atoms with Gasteiger partial charge in [-0.2, -0.15) is 0 Å². The maximum atomic E-state index is 13.0. The van der Waals surface area contributed by atoms with E-state index in [0.717, 1.165) is 36.9 Å². The van der Waals surface area contributed by atoms with Crippen LogP contribution < -0.4 is 11.1 Å². The van der Waals surface area contributed by atoms with Gasteiger partial charge in [-0.1, -0.05) is 24.3 Å². The fourth-order valence-corrected chi connectivity index (χ4v) is 4.28. The number of fused-ring (bicyclic) bond motifs is 1. The van der Waals surface area contributed by atoms with Crippen molar-refractivity contribution in [3.63, 3.8) is 0 Å². The van der Waals surface area contributed by atoms with Crippen molar-refractivity contribution in [1.82, 2.24) is 10.2 Å². The van der Waals surface area contributed by atoms with Crippen LogP contribution in [0.5, 0.6) is 0 Å². The van der Waals surface area contributed by atoms with Crippen LogP contribution in [-0.2, 0) is 11.2 Å². The van der Waals surface area contributed by atoms with Gasteiger partial charge in [-0.25, -0.2) is 0 Å². The van der Waals surface area contributed by atoms with Gasteiger partial charge in [-0.3, -0.25) is 9.59 Å². The number of amides is 2. The largest absolute Gasteiger partial charge is 0.399 e. The number of nitrogen functional groups attached to an aromatic ring is 1. The Morgan fingerprint density at radius 2 is 1.82 bits per heavy atom. The van der Waals surface area contributed by atoms with E-state index in [1.165, 1.54) is 5.56 Å². The molecule has 2 aromatic rings. The standard InChI is InChI=1S/C22H25N3O2.ClH/c23-17-11-12-18-16(14-17)8-4-9-19(18)24-21(26)20-10-5-13-25(20)22(27)15-6-2-1-3-7-15;/h1-3,6-7,11-12,14,19-20H,4-5,8-10,13,23H2,(H,24,26);1H. The quantitative estimate of drug-likeness (QED) is 0.776. The van der Waals surface area contributed by atoms with Gasteiger partial charge in [-0.15, -0.1) is 12.4 Å². The van der Waals surface area contributed by atoms with E-state index in [1.807, 2.05) is 36.4 Å². The van der Waals surface area contributed by atoms with Crippen LogP contribution in [0.2, 0.25) is 0 Å². The highest BCUT2D eigenvalue weighted by atomic mass is 35.5. The SMILES string of the molecule is Cl.Nc1ccc2c(c1)CCCC2NC(=O)C1CCCN1C(=O)c1ccccc1. The predicted molar refractivity (Wildman–Crippen MR) is 112 cm³/mol. The molecule has 2 aliphatic rings. The Labute approximate surface area is 171 Å². The third-order valence-corrected chi connectivity index (χ3v) is 5.63. The molecule has 0 spiro atoms. The molecule has 0 saturated carbocycles. The molecule has 2 unspecified atom stereocenters. The molecule has 0 radical (unpaired) electrons. The van der Waals surface area contributed by atoms with Crippen molar-refractivity contribution < 1.29 is 9.59 Å². The summed E-state index contributed by atoms with van der Waals surface area (Å²) in [6.45, 7) is 0.629. The second-order valence-electron chi connectivity index (χ2n) is 7.43. The summed E-state index contributed by atoms with van der Waals surface area (Å²) in [5.41, 5.74) is 9.67. The zero-order chi connectivity index (χ0) is 18.8. The number of nitrogens with zero attached hydrogens (tertiary/aromatic N) is 1. The Hall–Kier alpha value is -2.53. The lowest BCUT2D eigenvalue weighted by Gasteiger charge is -2.30. The smallest absolute Gasteiger partial charge is 0.254 e. The average Bonchev–Trinajstić information content (AvgIpc) is 3.18. The second kappa shape index (κ2) is 8.65. The van der Waals surface area contributed by atoms with Crippen molar-refractivity contribution in [2.24, 2.45) is 0 Å². The summed E-state index contributed by atoms with van der Waals surface area (Å²) in [7, 11) is 0. The number of carbonyl (C=O) groups excluding carboxylic acids is 2. The van der Waals surface area contributed by atoms with Crippen molar-refractivity contribution in [3.05, 3.63) is 65.2 Å². The molecule has 2 amide bonds. The number of hydrogen-bond donors (Lipinski definition) is 2. The molecule has 1 heterocycles. The average molecular weight is 400 g/mol. The second-order valence-corrected chi connectivity index (χ2v) is 7.43. The lowest BCUT2D eigenvalue weighted by molar-refractivity contribution is -0.125. The van der Waals surface area contributed by atoms with E-state index in [9.17, 15) is 9.59 Å². The number of hydrogen-bond acceptors (Lipinski definition) is 3. The van der Waals surface area contributed by atoms with Gasteiger partial charge in [0, 0.05) is 17.8 Å². The Kier molecular flexibility index (Phi) is 6.25. The Balaban J connectivity index is 0.00000225. The van der Waals surface area contributed by atoms with E-state index in [2.05, 4.69) is 5.32 Å². The zero-order valence-corrected chi connectivity index (χ0v) is 16.6. The third-order valence-electron chi connectivity index (χ3n) is 5.63. The molecule has 1 saturated heterocycles. The fourth-order valence-electron chi connectivity index (χ4n) is 4.28. The monoisotopic (exact) mass is 399 g/mol. The normalized spacial score (nSPS) is 20.8. The van der Waals surface area contributed by atoms with E-state index >= 15 is 0 Å². The molecule has 1 aliphatic heterocycles. The summed E-state index contributed by atoms with van der Waals surface area (Å²) in [4.78, 5) is 27.5. The predicted octanol–water partition coefficient (Wildman–Crippen LogP) is 3.49. The molecular formula is C22H26ClN3O2. The lowest BCUT2D eigenvalue weighted by atomic mass is 9.87. The summed E-state index contributed by atoms with van der Waals surface area (Å²) >= 11 is 0. The summed E-state index contributed by atoms with van der Waals surface area (Å²) in [5.74, 6) is -0.114. The number of carbonyl (C=O) groups is 2. The van der Waals surface area contributed by atoms with Crippen LogP contribution in [0.3, 0.4) is 0 Å². The van der Waals surface area contributed by atoms with Crippen LogP contribution in [0.4, 0.5) is 5.69 Å². The van der Waals surface area contributed by atoms with Crippen LogP contribution in [0, 0.1) is 0 Å². The molecule has 3 N–H and O–H groups in total. The van der Waals surface area contributed by atoms with Crippen LogP contribution >= 0.6 is 12.4 Å². The van der Waals surface area contributed by atoms with Gasteiger partial charge in [0.15, 0.2) is 0 Å². The number of anilines is 1. The minimum absolute atomic E-state index is 0. The molecule has 6 heteroatoms. The maximum Gasteiger partial charge on any atom is 0.254 e. The van der Waals surface area contributed by atoms with E-state index < -0.39 is 6.04 Å². The third kappa shape index (κ3) is 3.99. The van der Waals surface area contributed by atoms with Gasteiger partial charge in [0.25, 0.3) is 5.91 Å². The summed E-state index contributed by atoms with van der Waals surface area (Å²) in [6, 6.07) is 14.7. The molecule has 1 fully saturated rings. The fraction of sp³-hybridized carbons (Fsp3) is 0.364. The van der Waals surface area contributed by atoms with Crippen molar-refractivity contribution >= 4 is 29.9 Å². The molecule has 0 aromatic heterocycles. The van der Waals surface area contributed by atoms with Gasteiger partial charge in [0.1, 0.15) is 6.04 Å². The molecule has 4 rings (SSSR count). The van der Waals surface area contributed by atoms with E-state index in [0.29, 0.717) is 18.5 Å². The molecule has 28 heavy (non-hydrogen) atoms. The minimum Gasteiger partial charge on any atom is -0.399 e.